The first-order valence-electron chi connectivity index (χ1n) is 9.37. The van der Waals surface area contributed by atoms with Crippen LogP contribution >= 0.6 is 23.5 Å². The van der Waals surface area contributed by atoms with Gasteiger partial charge in [0.2, 0.25) is 11.8 Å². The van der Waals surface area contributed by atoms with Crippen LogP contribution in [0.2, 0.25) is 0 Å². The lowest BCUT2D eigenvalue weighted by molar-refractivity contribution is -0.115. The lowest BCUT2D eigenvalue weighted by Gasteiger charge is -2.13. The van der Waals surface area contributed by atoms with Crippen molar-refractivity contribution in [2.75, 3.05) is 5.32 Å². The summed E-state index contributed by atoms with van der Waals surface area (Å²) in [5.41, 5.74) is 1.63. The summed E-state index contributed by atoms with van der Waals surface area (Å²) in [6.07, 6.45) is 0. The highest BCUT2D eigenvalue weighted by molar-refractivity contribution is 8.00. The van der Waals surface area contributed by atoms with Gasteiger partial charge in [0.1, 0.15) is 0 Å². The third-order valence-corrected chi connectivity index (χ3v) is 6.21. The summed E-state index contributed by atoms with van der Waals surface area (Å²) in [5, 5.41) is 11.1. The zero-order valence-corrected chi connectivity index (χ0v) is 17.8. The van der Waals surface area contributed by atoms with Gasteiger partial charge in [-0.05, 0) is 43.3 Å². The molecule has 7 heteroatoms. The van der Waals surface area contributed by atoms with E-state index in [-0.39, 0.29) is 5.91 Å². The molecule has 1 N–H and O–H groups in total. The third kappa shape index (κ3) is 5.11. The fraction of sp³-hybridized carbons (Fsp3) is 0.0870. The molecule has 0 fully saturated rings. The van der Waals surface area contributed by atoms with Gasteiger partial charge in [-0.2, -0.15) is 0 Å². The van der Waals surface area contributed by atoms with Gasteiger partial charge in [0.15, 0.2) is 0 Å². The molecule has 0 aliphatic rings. The second-order valence-corrected chi connectivity index (χ2v) is 8.81. The molecular formula is C23H19N3O2S2. The Morgan fingerprint density at radius 2 is 1.57 bits per heavy atom. The van der Waals surface area contributed by atoms with E-state index < -0.39 is 5.25 Å². The number of amides is 1. The predicted octanol–water partition coefficient (Wildman–Crippen LogP) is 6.01. The molecule has 0 spiro atoms. The Morgan fingerprint density at radius 1 is 0.900 bits per heavy atom. The van der Waals surface area contributed by atoms with E-state index in [0.29, 0.717) is 11.1 Å². The van der Waals surface area contributed by atoms with Gasteiger partial charge in [-0.15, -0.1) is 10.2 Å². The molecule has 1 unspecified atom stereocenters. The van der Waals surface area contributed by atoms with Gasteiger partial charge in [-0.1, -0.05) is 72.1 Å². The fourth-order valence-corrected chi connectivity index (χ4v) is 4.27. The van der Waals surface area contributed by atoms with Crippen LogP contribution in [0, 0.1) is 0 Å². The SMILES string of the molecule is CC(Sc1nnc(-c2ccccc2)o1)C(=O)Nc1ccccc1Sc1ccccc1. The molecule has 30 heavy (non-hydrogen) atoms. The smallest absolute Gasteiger partial charge is 0.277 e. The van der Waals surface area contributed by atoms with Crippen LogP contribution in [0.4, 0.5) is 5.69 Å². The molecule has 0 aliphatic carbocycles. The molecule has 3 aromatic carbocycles. The first-order chi connectivity index (χ1) is 14.7. The van der Waals surface area contributed by atoms with Gasteiger partial charge in [-0.3, -0.25) is 4.79 Å². The summed E-state index contributed by atoms with van der Waals surface area (Å²) >= 11 is 2.85. The Hall–Kier alpha value is -3.03. The average Bonchev–Trinajstić information content (AvgIpc) is 3.25. The molecule has 1 aromatic heterocycles. The number of aromatic nitrogens is 2. The molecule has 1 heterocycles. The van der Waals surface area contributed by atoms with E-state index in [1.165, 1.54) is 11.8 Å². The lowest BCUT2D eigenvalue weighted by atomic mass is 10.2. The van der Waals surface area contributed by atoms with Gasteiger partial charge in [-0.25, -0.2) is 0 Å². The Balaban J connectivity index is 1.41. The topological polar surface area (TPSA) is 68.0 Å². The Labute approximate surface area is 183 Å². The van der Waals surface area contributed by atoms with Crippen LogP contribution in [0.1, 0.15) is 6.92 Å². The standard InChI is InChI=1S/C23H19N3O2S2/c1-16(29-23-26-25-22(28-23)17-10-4-2-5-11-17)21(27)24-19-14-8-9-15-20(19)30-18-12-6-3-7-13-18/h2-16H,1H3,(H,24,27). The van der Waals surface area contributed by atoms with Crippen LogP contribution in [0.3, 0.4) is 0 Å². The molecule has 0 bridgehead atoms. The summed E-state index contributed by atoms with van der Waals surface area (Å²) in [7, 11) is 0. The maximum absolute atomic E-state index is 12.8. The average molecular weight is 434 g/mol. The van der Waals surface area contributed by atoms with E-state index in [2.05, 4.69) is 15.5 Å². The summed E-state index contributed by atoms with van der Waals surface area (Å²) in [5.74, 6) is 0.316. The van der Waals surface area contributed by atoms with Crippen molar-refractivity contribution in [3.05, 3.63) is 84.9 Å². The summed E-state index contributed by atoms with van der Waals surface area (Å²) in [4.78, 5) is 14.9. The van der Waals surface area contributed by atoms with Crippen molar-refractivity contribution >= 4 is 35.1 Å². The lowest BCUT2D eigenvalue weighted by Crippen LogP contribution is -2.22. The van der Waals surface area contributed by atoms with Crippen LogP contribution in [-0.2, 0) is 4.79 Å². The zero-order chi connectivity index (χ0) is 20.8. The minimum atomic E-state index is -0.399. The second kappa shape index (κ2) is 9.65. The summed E-state index contributed by atoms with van der Waals surface area (Å²) < 4.78 is 5.70. The number of hydrogen-bond acceptors (Lipinski definition) is 6. The minimum absolute atomic E-state index is 0.124. The second-order valence-electron chi connectivity index (χ2n) is 6.40. The number of anilines is 1. The van der Waals surface area contributed by atoms with E-state index in [4.69, 9.17) is 4.42 Å². The molecule has 5 nitrogen and oxygen atoms in total. The van der Waals surface area contributed by atoms with Crippen molar-refractivity contribution in [3.63, 3.8) is 0 Å². The Morgan fingerprint density at radius 3 is 2.33 bits per heavy atom. The van der Waals surface area contributed by atoms with E-state index in [1.54, 1.807) is 11.8 Å². The van der Waals surface area contributed by atoms with Crippen LogP contribution in [0.15, 0.2) is 104 Å². The quantitative estimate of drug-likeness (QED) is 0.360. The molecule has 0 radical (unpaired) electrons. The molecule has 4 aromatic rings. The highest BCUT2D eigenvalue weighted by atomic mass is 32.2. The van der Waals surface area contributed by atoms with Crippen LogP contribution in [-0.4, -0.2) is 21.4 Å². The fourth-order valence-electron chi connectivity index (χ4n) is 2.67. The Kier molecular flexibility index (Phi) is 6.51. The van der Waals surface area contributed by atoms with Crippen LogP contribution in [0.5, 0.6) is 0 Å². The monoisotopic (exact) mass is 433 g/mol. The first-order valence-corrected chi connectivity index (χ1v) is 11.1. The van der Waals surface area contributed by atoms with Crippen LogP contribution in [0.25, 0.3) is 11.5 Å². The normalized spacial score (nSPS) is 11.8. The molecule has 1 amide bonds. The number of hydrogen-bond donors (Lipinski definition) is 1. The molecule has 0 saturated carbocycles. The molecule has 0 saturated heterocycles. The summed E-state index contributed by atoms with van der Waals surface area (Å²) in [6.45, 7) is 1.82. The first kappa shape index (κ1) is 20.3. The van der Waals surface area contributed by atoms with E-state index in [9.17, 15) is 4.79 Å². The van der Waals surface area contributed by atoms with Gasteiger partial charge in [0.05, 0.1) is 10.9 Å². The molecule has 0 aliphatic heterocycles. The van der Waals surface area contributed by atoms with E-state index in [0.717, 1.165) is 21.0 Å². The maximum atomic E-state index is 12.8. The van der Waals surface area contributed by atoms with Crippen molar-refractivity contribution in [1.82, 2.24) is 10.2 Å². The third-order valence-electron chi connectivity index (χ3n) is 4.19. The highest BCUT2D eigenvalue weighted by Crippen LogP contribution is 2.34. The van der Waals surface area contributed by atoms with Crippen molar-refractivity contribution in [2.24, 2.45) is 0 Å². The minimum Gasteiger partial charge on any atom is -0.411 e. The van der Waals surface area contributed by atoms with Gasteiger partial charge < -0.3 is 9.73 Å². The molecule has 4 rings (SSSR count). The molecule has 150 valence electrons. The number of benzene rings is 3. The zero-order valence-electron chi connectivity index (χ0n) is 16.2. The highest BCUT2D eigenvalue weighted by Gasteiger charge is 2.20. The van der Waals surface area contributed by atoms with Crippen molar-refractivity contribution in [2.45, 2.75) is 27.2 Å². The van der Waals surface area contributed by atoms with Gasteiger partial charge in [0, 0.05) is 15.4 Å². The van der Waals surface area contributed by atoms with Crippen molar-refractivity contribution < 1.29 is 9.21 Å². The number of thioether (sulfide) groups is 1. The number of para-hydroxylation sites is 1. The van der Waals surface area contributed by atoms with E-state index in [1.807, 2.05) is 91.9 Å². The van der Waals surface area contributed by atoms with Gasteiger partial charge in [0.25, 0.3) is 5.22 Å². The molecular weight excluding hydrogens is 414 g/mol. The van der Waals surface area contributed by atoms with Crippen LogP contribution < -0.4 is 5.32 Å². The number of nitrogens with one attached hydrogen (secondary N) is 1. The maximum Gasteiger partial charge on any atom is 0.277 e. The predicted molar refractivity (Wildman–Crippen MR) is 121 cm³/mol. The number of nitrogens with zero attached hydrogens (tertiary/aromatic N) is 2. The number of rotatable bonds is 7. The largest absolute Gasteiger partial charge is 0.411 e. The Bertz CT molecular complexity index is 1120. The number of carbonyl (C=O) groups excluding carboxylic acids is 1. The van der Waals surface area contributed by atoms with Crippen molar-refractivity contribution in [3.8, 4) is 11.5 Å². The van der Waals surface area contributed by atoms with Gasteiger partial charge >= 0.3 is 0 Å². The van der Waals surface area contributed by atoms with Crippen molar-refractivity contribution in [1.29, 1.82) is 0 Å². The summed E-state index contributed by atoms with van der Waals surface area (Å²) in [6, 6.07) is 27.4. The van der Waals surface area contributed by atoms with E-state index >= 15 is 0 Å². The molecule has 1 atom stereocenters. The number of carbonyl (C=O) groups is 1.